The second kappa shape index (κ2) is 5.32. The monoisotopic (exact) mass is 293 g/mol. The van der Waals surface area contributed by atoms with Crippen LogP contribution in [0, 0.1) is 0 Å². The van der Waals surface area contributed by atoms with E-state index in [1.54, 1.807) is 20.8 Å². The van der Waals surface area contributed by atoms with E-state index >= 15 is 0 Å². The van der Waals surface area contributed by atoms with Crippen LogP contribution in [0.1, 0.15) is 31.1 Å². The summed E-state index contributed by atoms with van der Waals surface area (Å²) in [6.07, 6.45) is 0. The van der Waals surface area contributed by atoms with Gasteiger partial charge in [-0.2, -0.15) is 13.2 Å². The summed E-state index contributed by atoms with van der Waals surface area (Å²) >= 11 is -0.304. The number of benzene rings is 1. The lowest BCUT2D eigenvalue weighted by Crippen LogP contribution is -2.24. The molecule has 106 valence electrons. The van der Waals surface area contributed by atoms with Gasteiger partial charge in [0.2, 0.25) is 0 Å². The molecule has 2 N–H and O–H groups in total. The van der Waals surface area contributed by atoms with Gasteiger partial charge < -0.3 is 10.5 Å². The Labute approximate surface area is 113 Å². The molecule has 0 aliphatic carbocycles. The fraction of sp³-hybridized carbons (Fsp3) is 0.417. The molecular weight excluding hydrogens is 279 g/mol. The van der Waals surface area contributed by atoms with Gasteiger partial charge in [-0.1, -0.05) is 0 Å². The lowest BCUT2D eigenvalue weighted by atomic mass is 10.1. The minimum absolute atomic E-state index is 0.0656. The topological polar surface area (TPSA) is 52.3 Å². The molecule has 0 fully saturated rings. The zero-order chi connectivity index (χ0) is 14.8. The van der Waals surface area contributed by atoms with Crippen molar-refractivity contribution < 1.29 is 22.7 Å². The Bertz CT molecular complexity index is 481. The fourth-order valence-corrected chi connectivity index (χ4v) is 1.82. The molecule has 0 saturated carbocycles. The zero-order valence-electron chi connectivity index (χ0n) is 10.7. The molecule has 1 rings (SSSR count). The number of nitrogens with two attached hydrogens (primary N) is 1. The smallest absolute Gasteiger partial charge is 0.446 e. The van der Waals surface area contributed by atoms with Crippen molar-refractivity contribution in [2.45, 2.75) is 36.8 Å². The van der Waals surface area contributed by atoms with E-state index in [1.165, 1.54) is 12.1 Å². The Kier molecular flexibility index (Phi) is 4.39. The van der Waals surface area contributed by atoms with Gasteiger partial charge in [0.25, 0.3) is 0 Å². The number of halogens is 3. The highest BCUT2D eigenvalue weighted by Gasteiger charge is 2.30. The number of hydrogen-bond acceptors (Lipinski definition) is 4. The van der Waals surface area contributed by atoms with Crippen molar-refractivity contribution in [1.29, 1.82) is 0 Å². The molecular formula is C12H14F3NO2S. The molecule has 0 amide bonds. The third-order valence-electron chi connectivity index (χ3n) is 1.88. The number of rotatable bonds is 2. The Morgan fingerprint density at radius 2 is 1.84 bits per heavy atom. The molecule has 0 heterocycles. The molecule has 3 nitrogen and oxygen atoms in total. The van der Waals surface area contributed by atoms with E-state index in [2.05, 4.69) is 0 Å². The quantitative estimate of drug-likeness (QED) is 0.511. The number of carbonyl (C=O) groups is 1. The first-order valence-electron chi connectivity index (χ1n) is 5.36. The van der Waals surface area contributed by atoms with Crippen LogP contribution >= 0.6 is 11.8 Å². The van der Waals surface area contributed by atoms with Crippen molar-refractivity contribution >= 4 is 23.4 Å². The maximum Gasteiger partial charge on any atom is 0.446 e. The number of esters is 1. The third-order valence-corrected chi connectivity index (χ3v) is 2.60. The van der Waals surface area contributed by atoms with Gasteiger partial charge in [0, 0.05) is 10.6 Å². The summed E-state index contributed by atoms with van der Waals surface area (Å²) in [5.74, 6) is -0.741. The highest BCUT2D eigenvalue weighted by Crippen LogP contribution is 2.37. The molecule has 0 unspecified atom stereocenters. The first kappa shape index (κ1) is 15.7. The molecule has 0 radical (unpaired) electrons. The van der Waals surface area contributed by atoms with Crippen LogP contribution in [0.5, 0.6) is 0 Å². The number of ether oxygens (including phenoxy) is 1. The Hall–Kier alpha value is -1.37. The third kappa shape index (κ3) is 5.42. The zero-order valence-corrected chi connectivity index (χ0v) is 11.5. The highest BCUT2D eigenvalue weighted by molar-refractivity contribution is 8.00. The van der Waals surface area contributed by atoms with E-state index in [-0.39, 0.29) is 27.9 Å². The lowest BCUT2D eigenvalue weighted by molar-refractivity contribution is -0.0328. The Morgan fingerprint density at radius 3 is 2.32 bits per heavy atom. The summed E-state index contributed by atoms with van der Waals surface area (Å²) in [4.78, 5) is 11.7. The first-order valence-corrected chi connectivity index (χ1v) is 6.18. The van der Waals surface area contributed by atoms with Crippen molar-refractivity contribution in [2.75, 3.05) is 5.73 Å². The van der Waals surface area contributed by atoms with Crippen LogP contribution < -0.4 is 5.73 Å². The normalized spacial score (nSPS) is 12.3. The maximum absolute atomic E-state index is 12.3. The summed E-state index contributed by atoms with van der Waals surface area (Å²) in [6, 6.07) is 3.55. The fourth-order valence-electron chi connectivity index (χ4n) is 1.24. The van der Waals surface area contributed by atoms with E-state index in [9.17, 15) is 18.0 Å². The van der Waals surface area contributed by atoms with Crippen LogP contribution in [0.2, 0.25) is 0 Å². The van der Waals surface area contributed by atoms with Gasteiger partial charge in [-0.15, -0.1) is 0 Å². The predicted octanol–water partition coefficient (Wildman–Crippen LogP) is 3.84. The van der Waals surface area contributed by atoms with E-state index in [0.29, 0.717) is 0 Å². The molecule has 0 bridgehead atoms. The Balaban J connectivity index is 3.01. The minimum Gasteiger partial charge on any atom is -0.456 e. The van der Waals surface area contributed by atoms with Crippen molar-refractivity contribution in [2.24, 2.45) is 0 Å². The summed E-state index contributed by atoms with van der Waals surface area (Å²) in [5, 5.41) is 0. The number of thioether (sulfide) groups is 1. The molecule has 19 heavy (non-hydrogen) atoms. The first-order chi connectivity index (χ1) is 8.48. The molecule has 0 aliphatic heterocycles. The molecule has 0 aromatic heterocycles. The molecule has 0 aliphatic rings. The average Bonchev–Trinajstić information content (AvgIpc) is 2.16. The van der Waals surface area contributed by atoms with Gasteiger partial charge in [0.05, 0.1) is 5.56 Å². The van der Waals surface area contributed by atoms with Crippen molar-refractivity contribution in [3.8, 4) is 0 Å². The van der Waals surface area contributed by atoms with Crippen molar-refractivity contribution in [3.63, 3.8) is 0 Å². The van der Waals surface area contributed by atoms with Crippen LogP contribution in [-0.4, -0.2) is 17.1 Å². The molecule has 0 saturated heterocycles. The second-order valence-corrected chi connectivity index (χ2v) is 5.94. The minimum atomic E-state index is -4.42. The molecule has 0 atom stereocenters. The van der Waals surface area contributed by atoms with Crippen molar-refractivity contribution in [3.05, 3.63) is 23.8 Å². The van der Waals surface area contributed by atoms with Gasteiger partial charge in [0.1, 0.15) is 5.60 Å². The summed E-state index contributed by atoms with van der Waals surface area (Å²) in [6.45, 7) is 4.99. The molecule has 1 aromatic rings. The van der Waals surface area contributed by atoms with E-state index in [0.717, 1.165) is 6.07 Å². The van der Waals surface area contributed by atoms with Crippen LogP contribution in [0.3, 0.4) is 0 Å². The second-order valence-electron chi connectivity index (χ2n) is 4.80. The number of hydrogen-bond donors (Lipinski definition) is 1. The van der Waals surface area contributed by atoms with Crippen LogP contribution in [0.4, 0.5) is 18.9 Å². The number of anilines is 1. The maximum atomic E-state index is 12.3. The van der Waals surface area contributed by atoms with Crippen LogP contribution in [-0.2, 0) is 4.74 Å². The molecule has 1 aromatic carbocycles. The summed E-state index contributed by atoms with van der Waals surface area (Å²) in [7, 11) is 0. The van der Waals surface area contributed by atoms with Gasteiger partial charge in [-0.25, -0.2) is 4.79 Å². The summed E-state index contributed by atoms with van der Waals surface area (Å²) < 4.78 is 41.9. The molecule has 7 heteroatoms. The Morgan fingerprint density at radius 1 is 1.26 bits per heavy atom. The standard InChI is InChI=1S/C12H14F3NO2S/c1-11(2,3)18-10(17)8-6-7(4-5-9(8)16)19-12(13,14)15/h4-6H,16H2,1-3H3. The van der Waals surface area contributed by atoms with Crippen LogP contribution in [0.15, 0.2) is 23.1 Å². The van der Waals surface area contributed by atoms with E-state index in [1.807, 2.05) is 0 Å². The van der Waals surface area contributed by atoms with Gasteiger partial charge in [0.15, 0.2) is 0 Å². The number of nitrogen functional groups attached to an aromatic ring is 1. The van der Waals surface area contributed by atoms with Gasteiger partial charge >= 0.3 is 11.5 Å². The van der Waals surface area contributed by atoms with E-state index < -0.39 is 17.1 Å². The lowest BCUT2D eigenvalue weighted by Gasteiger charge is -2.20. The van der Waals surface area contributed by atoms with Gasteiger partial charge in [-0.05, 0) is 50.7 Å². The largest absolute Gasteiger partial charge is 0.456 e. The van der Waals surface area contributed by atoms with Gasteiger partial charge in [-0.3, -0.25) is 0 Å². The average molecular weight is 293 g/mol. The van der Waals surface area contributed by atoms with E-state index in [4.69, 9.17) is 10.5 Å². The predicted molar refractivity (Wildman–Crippen MR) is 67.9 cm³/mol. The number of alkyl halides is 3. The molecule has 0 spiro atoms. The summed E-state index contributed by atoms with van der Waals surface area (Å²) in [5.41, 5.74) is 0.445. The number of carbonyl (C=O) groups excluding carboxylic acids is 1. The van der Waals surface area contributed by atoms with Crippen LogP contribution in [0.25, 0.3) is 0 Å². The SMILES string of the molecule is CC(C)(C)OC(=O)c1cc(SC(F)(F)F)ccc1N. The highest BCUT2D eigenvalue weighted by atomic mass is 32.2. The van der Waals surface area contributed by atoms with Crippen molar-refractivity contribution in [1.82, 2.24) is 0 Å².